The minimum absolute atomic E-state index is 0.140. The van der Waals surface area contributed by atoms with Crippen molar-refractivity contribution in [1.29, 1.82) is 0 Å². The third kappa shape index (κ3) is 1.71. The summed E-state index contributed by atoms with van der Waals surface area (Å²) >= 11 is 0. The monoisotopic (exact) mass is 220 g/mol. The van der Waals surface area contributed by atoms with E-state index in [1.807, 2.05) is 20.0 Å². The lowest BCUT2D eigenvalue weighted by atomic mass is 10.1. The lowest BCUT2D eigenvalue weighted by Gasteiger charge is -2.05. The molecule has 0 aliphatic heterocycles. The summed E-state index contributed by atoms with van der Waals surface area (Å²) in [6.07, 6.45) is 1.91. The minimum Gasteiger partial charge on any atom is -0.347 e. The highest BCUT2D eigenvalue weighted by Gasteiger charge is 2.10. The molecule has 16 heavy (non-hydrogen) atoms. The summed E-state index contributed by atoms with van der Waals surface area (Å²) in [6.45, 7) is 2.51. The van der Waals surface area contributed by atoms with Crippen LogP contribution in [-0.4, -0.2) is 11.1 Å². The van der Waals surface area contributed by atoms with Crippen LogP contribution in [0, 0.1) is 12.7 Å². The van der Waals surface area contributed by atoms with Gasteiger partial charge in [0.05, 0.1) is 5.52 Å². The molecule has 2 rings (SSSR count). The van der Waals surface area contributed by atoms with Crippen LogP contribution in [-0.2, 0) is 13.5 Å². The minimum atomic E-state index is -0.140. The van der Waals surface area contributed by atoms with Crippen LogP contribution in [0.25, 0.3) is 10.9 Å². The molecule has 1 aromatic carbocycles. The van der Waals surface area contributed by atoms with Gasteiger partial charge in [-0.2, -0.15) is 0 Å². The van der Waals surface area contributed by atoms with E-state index in [4.69, 9.17) is 5.73 Å². The topological polar surface area (TPSA) is 30.9 Å². The van der Waals surface area contributed by atoms with Crippen molar-refractivity contribution >= 4 is 10.9 Å². The molecule has 2 aromatic rings. The zero-order valence-electron chi connectivity index (χ0n) is 9.76. The number of benzene rings is 1. The van der Waals surface area contributed by atoms with E-state index in [1.165, 1.54) is 11.8 Å². The second-order valence-electron chi connectivity index (χ2n) is 4.20. The Balaban J connectivity index is 2.55. The van der Waals surface area contributed by atoms with Gasteiger partial charge in [0.2, 0.25) is 0 Å². The average Bonchev–Trinajstić information content (AvgIpc) is 2.59. The van der Waals surface area contributed by atoms with Crippen LogP contribution < -0.4 is 5.73 Å². The number of aryl methyl sites for hydroxylation is 3. The van der Waals surface area contributed by atoms with Gasteiger partial charge in [-0.3, -0.25) is 0 Å². The van der Waals surface area contributed by atoms with Gasteiger partial charge in [0.1, 0.15) is 5.82 Å². The summed E-state index contributed by atoms with van der Waals surface area (Å²) in [5.41, 5.74) is 8.44. The molecular weight excluding hydrogens is 203 g/mol. The van der Waals surface area contributed by atoms with Crippen molar-refractivity contribution in [2.75, 3.05) is 6.54 Å². The first-order valence-electron chi connectivity index (χ1n) is 5.58. The van der Waals surface area contributed by atoms with Crippen LogP contribution in [0.4, 0.5) is 4.39 Å². The molecule has 0 aliphatic carbocycles. The summed E-state index contributed by atoms with van der Waals surface area (Å²) in [6, 6.07) is 5.49. The predicted octanol–water partition coefficient (Wildman–Crippen LogP) is 2.52. The zero-order valence-corrected chi connectivity index (χ0v) is 9.76. The molecule has 0 saturated heterocycles. The van der Waals surface area contributed by atoms with Crippen molar-refractivity contribution in [3.8, 4) is 0 Å². The maximum atomic E-state index is 13.5. The summed E-state index contributed by atoms with van der Waals surface area (Å²) in [5, 5.41) is 1.11. The van der Waals surface area contributed by atoms with Crippen molar-refractivity contribution in [3.05, 3.63) is 35.3 Å². The normalized spacial score (nSPS) is 11.2. The molecule has 0 aliphatic rings. The van der Waals surface area contributed by atoms with Crippen molar-refractivity contribution in [3.63, 3.8) is 0 Å². The highest BCUT2D eigenvalue weighted by molar-refractivity contribution is 5.84. The molecule has 86 valence electrons. The molecule has 0 fully saturated rings. The Bertz CT molecular complexity index is 514. The first kappa shape index (κ1) is 11.1. The molecule has 0 atom stereocenters. The Hall–Kier alpha value is -1.35. The van der Waals surface area contributed by atoms with Crippen LogP contribution in [0.1, 0.15) is 17.7 Å². The maximum Gasteiger partial charge on any atom is 0.128 e. The van der Waals surface area contributed by atoms with Gasteiger partial charge in [-0.1, -0.05) is 0 Å². The predicted molar refractivity (Wildman–Crippen MR) is 65.0 cm³/mol. The first-order valence-corrected chi connectivity index (χ1v) is 5.58. The van der Waals surface area contributed by atoms with E-state index < -0.39 is 0 Å². The smallest absolute Gasteiger partial charge is 0.128 e. The quantitative estimate of drug-likeness (QED) is 0.846. The van der Waals surface area contributed by atoms with E-state index in [9.17, 15) is 4.39 Å². The summed E-state index contributed by atoms with van der Waals surface area (Å²) < 4.78 is 15.5. The van der Waals surface area contributed by atoms with Gasteiger partial charge in [-0.05, 0) is 44.5 Å². The second kappa shape index (κ2) is 4.26. The van der Waals surface area contributed by atoms with Gasteiger partial charge >= 0.3 is 0 Å². The van der Waals surface area contributed by atoms with Crippen LogP contribution >= 0.6 is 0 Å². The zero-order chi connectivity index (χ0) is 11.7. The largest absolute Gasteiger partial charge is 0.347 e. The highest BCUT2D eigenvalue weighted by atomic mass is 19.1. The highest BCUT2D eigenvalue weighted by Crippen LogP contribution is 2.24. The lowest BCUT2D eigenvalue weighted by Crippen LogP contribution is -2.03. The number of fused-ring (bicyclic) bond motifs is 1. The van der Waals surface area contributed by atoms with Gasteiger partial charge in [-0.15, -0.1) is 0 Å². The molecule has 1 heterocycles. The van der Waals surface area contributed by atoms with Crippen molar-refractivity contribution in [2.24, 2.45) is 12.8 Å². The Morgan fingerprint density at radius 3 is 2.81 bits per heavy atom. The number of nitrogens with two attached hydrogens (primary N) is 1. The molecule has 0 unspecified atom stereocenters. The fourth-order valence-corrected chi connectivity index (χ4v) is 2.20. The molecule has 0 amide bonds. The first-order chi connectivity index (χ1) is 7.65. The number of hydrogen-bond acceptors (Lipinski definition) is 1. The Morgan fingerprint density at radius 2 is 2.12 bits per heavy atom. The Morgan fingerprint density at radius 1 is 1.38 bits per heavy atom. The van der Waals surface area contributed by atoms with E-state index >= 15 is 0 Å². The number of halogens is 1. The number of nitrogens with zero attached hydrogens (tertiary/aromatic N) is 1. The average molecular weight is 220 g/mol. The number of rotatable bonds is 3. The molecule has 2 nitrogen and oxygen atoms in total. The van der Waals surface area contributed by atoms with E-state index in [0.717, 1.165) is 29.3 Å². The molecule has 0 saturated carbocycles. The van der Waals surface area contributed by atoms with Gasteiger partial charge < -0.3 is 10.3 Å². The van der Waals surface area contributed by atoms with E-state index in [0.29, 0.717) is 6.54 Å². The van der Waals surface area contributed by atoms with Gasteiger partial charge in [0.15, 0.2) is 0 Å². The molecular formula is C13H17FN2. The number of hydrogen-bond donors (Lipinski definition) is 1. The Labute approximate surface area is 94.9 Å². The third-order valence-electron chi connectivity index (χ3n) is 3.12. The summed E-state index contributed by atoms with van der Waals surface area (Å²) in [4.78, 5) is 0. The standard InChI is InChI=1S/C13H17FN2/c1-9-12(14)6-5-10-8-11(4-3-7-15)16(2)13(9)10/h5-6,8H,3-4,7,15H2,1-2H3. The van der Waals surface area contributed by atoms with Crippen LogP contribution in [0.5, 0.6) is 0 Å². The van der Waals surface area contributed by atoms with E-state index in [1.54, 1.807) is 0 Å². The van der Waals surface area contributed by atoms with Crippen LogP contribution in [0.2, 0.25) is 0 Å². The van der Waals surface area contributed by atoms with Gasteiger partial charge in [-0.25, -0.2) is 4.39 Å². The van der Waals surface area contributed by atoms with Crippen molar-refractivity contribution < 1.29 is 4.39 Å². The second-order valence-corrected chi connectivity index (χ2v) is 4.20. The number of aromatic nitrogens is 1. The molecule has 1 aromatic heterocycles. The molecule has 3 heteroatoms. The molecule has 2 N–H and O–H groups in total. The van der Waals surface area contributed by atoms with Crippen molar-refractivity contribution in [2.45, 2.75) is 19.8 Å². The maximum absolute atomic E-state index is 13.5. The van der Waals surface area contributed by atoms with Gasteiger partial charge in [0.25, 0.3) is 0 Å². The summed E-state index contributed by atoms with van der Waals surface area (Å²) in [7, 11) is 1.99. The molecule has 0 spiro atoms. The van der Waals surface area contributed by atoms with Gasteiger partial charge in [0, 0.05) is 23.7 Å². The van der Waals surface area contributed by atoms with Crippen LogP contribution in [0.15, 0.2) is 18.2 Å². The fraction of sp³-hybridized carbons (Fsp3) is 0.385. The summed E-state index contributed by atoms with van der Waals surface area (Å²) in [5.74, 6) is -0.140. The Kier molecular flexibility index (Phi) is 2.97. The molecule has 0 bridgehead atoms. The van der Waals surface area contributed by atoms with Crippen molar-refractivity contribution in [1.82, 2.24) is 4.57 Å². The van der Waals surface area contributed by atoms with E-state index in [-0.39, 0.29) is 5.82 Å². The molecule has 0 radical (unpaired) electrons. The fourth-order valence-electron chi connectivity index (χ4n) is 2.20. The lowest BCUT2D eigenvalue weighted by molar-refractivity contribution is 0.619. The SMILES string of the molecule is Cc1c(F)ccc2cc(CCCN)n(C)c12. The van der Waals surface area contributed by atoms with Crippen LogP contribution in [0.3, 0.4) is 0 Å². The van der Waals surface area contributed by atoms with E-state index in [2.05, 4.69) is 10.6 Å². The third-order valence-corrected chi connectivity index (χ3v) is 3.12.